The Balaban J connectivity index is 0.00000133. The first-order valence-corrected chi connectivity index (χ1v) is 11.9. The van der Waals surface area contributed by atoms with E-state index in [-0.39, 0.29) is 23.8 Å². The second-order valence-electron chi connectivity index (χ2n) is 8.45. The van der Waals surface area contributed by atoms with Crippen LogP contribution in [-0.2, 0) is 0 Å². The van der Waals surface area contributed by atoms with Crippen LogP contribution in [0, 0.1) is 19.7 Å². The topological polar surface area (TPSA) is 115 Å². The molecule has 1 aliphatic carbocycles. The lowest BCUT2D eigenvalue weighted by Gasteiger charge is -2.26. The van der Waals surface area contributed by atoms with Gasteiger partial charge in [0.25, 0.3) is 0 Å². The number of anilines is 1. The molecule has 0 aliphatic heterocycles. The number of H-pyrrole nitrogens is 1. The highest BCUT2D eigenvalue weighted by Gasteiger charge is 2.27. The van der Waals surface area contributed by atoms with Gasteiger partial charge in [-0.25, -0.2) is 14.4 Å². The zero-order valence-electron chi connectivity index (χ0n) is 20.4. The van der Waals surface area contributed by atoms with Gasteiger partial charge >= 0.3 is 6.01 Å². The first-order valence-electron chi connectivity index (χ1n) is 11.9. The van der Waals surface area contributed by atoms with Gasteiger partial charge in [-0.05, 0) is 51.2 Å². The van der Waals surface area contributed by atoms with Gasteiger partial charge in [-0.2, -0.15) is 9.97 Å². The van der Waals surface area contributed by atoms with E-state index in [2.05, 4.69) is 25.3 Å². The number of nitrogens with one attached hydrogen (secondary N) is 2. The standard InChI is InChI=1S/C23H26FN7O.C2H6/c1-11-16(24)8-17(26-3)21-18(11)19-20(13-4-6-14(25)7-5-13)30-23(31-22(19)29-21)32-15-9-27-12(2)28-10-15;1-2/h8-10,13-14,26H,4-7,25H2,1-3H3,(H,29,30,31);1-2H3. The molecule has 0 spiro atoms. The number of aromatic nitrogens is 5. The normalized spacial score (nSPS) is 18.0. The number of fused-ring (bicyclic) bond motifs is 3. The molecule has 4 N–H and O–H groups in total. The van der Waals surface area contributed by atoms with Crippen LogP contribution in [0.3, 0.4) is 0 Å². The third kappa shape index (κ3) is 4.40. The molecule has 3 aromatic heterocycles. The molecule has 180 valence electrons. The Labute approximate surface area is 198 Å². The predicted molar refractivity (Wildman–Crippen MR) is 133 cm³/mol. The van der Waals surface area contributed by atoms with E-state index in [4.69, 9.17) is 15.5 Å². The molecule has 0 atom stereocenters. The molecule has 9 heteroatoms. The highest BCUT2D eigenvalue weighted by molar-refractivity contribution is 6.13. The largest absolute Gasteiger partial charge is 0.421 e. The van der Waals surface area contributed by atoms with E-state index >= 15 is 0 Å². The van der Waals surface area contributed by atoms with Gasteiger partial charge in [0, 0.05) is 29.8 Å². The number of aromatic amines is 1. The molecule has 5 rings (SSSR count). The van der Waals surface area contributed by atoms with Crippen molar-refractivity contribution < 1.29 is 9.13 Å². The quantitative estimate of drug-likeness (QED) is 0.364. The van der Waals surface area contributed by atoms with Crippen molar-refractivity contribution >= 4 is 27.6 Å². The minimum Gasteiger partial charge on any atom is -0.421 e. The predicted octanol–water partition coefficient (Wildman–Crippen LogP) is 5.50. The van der Waals surface area contributed by atoms with E-state index < -0.39 is 0 Å². The molecule has 0 unspecified atom stereocenters. The van der Waals surface area contributed by atoms with Crippen LogP contribution in [0.25, 0.3) is 21.9 Å². The van der Waals surface area contributed by atoms with Crippen molar-refractivity contribution in [1.29, 1.82) is 0 Å². The molecule has 34 heavy (non-hydrogen) atoms. The average Bonchev–Trinajstić information content (AvgIpc) is 3.24. The van der Waals surface area contributed by atoms with Crippen LogP contribution in [0.1, 0.15) is 62.5 Å². The highest BCUT2D eigenvalue weighted by Crippen LogP contribution is 2.41. The van der Waals surface area contributed by atoms with Gasteiger partial charge in [0.15, 0.2) is 5.75 Å². The van der Waals surface area contributed by atoms with Crippen LogP contribution < -0.4 is 15.8 Å². The lowest BCUT2D eigenvalue weighted by molar-refractivity contribution is 0.385. The summed E-state index contributed by atoms with van der Waals surface area (Å²) in [4.78, 5) is 21.2. The van der Waals surface area contributed by atoms with E-state index in [1.807, 2.05) is 20.8 Å². The summed E-state index contributed by atoms with van der Waals surface area (Å²) in [6.07, 6.45) is 6.88. The SMILES string of the molecule is CC.CNc1cc(F)c(C)c2c1[nH]c1nc(Oc3cnc(C)nc3)nc(C3CCC(N)CC3)c12. The number of rotatable bonds is 4. The lowest BCUT2D eigenvalue weighted by atomic mass is 9.83. The molecule has 0 radical (unpaired) electrons. The van der Waals surface area contributed by atoms with Gasteiger partial charge in [0.05, 0.1) is 29.3 Å². The fraction of sp³-hybridized carbons (Fsp3) is 0.440. The van der Waals surface area contributed by atoms with Crippen molar-refractivity contribution in [3.8, 4) is 11.8 Å². The number of benzene rings is 1. The molecule has 0 amide bonds. The third-order valence-electron chi connectivity index (χ3n) is 6.33. The molecule has 8 nitrogen and oxygen atoms in total. The summed E-state index contributed by atoms with van der Waals surface area (Å²) in [5.41, 5.74) is 9.69. The summed E-state index contributed by atoms with van der Waals surface area (Å²) < 4.78 is 20.7. The van der Waals surface area contributed by atoms with Crippen molar-refractivity contribution in [2.24, 2.45) is 5.73 Å². The molecule has 3 heterocycles. The Morgan fingerprint density at radius 1 is 1.06 bits per heavy atom. The summed E-state index contributed by atoms with van der Waals surface area (Å²) in [6.45, 7) is 7.60. The minimum absolute atomic E-state index is 0.191. The molecule has 4 aromatic rings. The van der Waals surface area contributed by atoms with Gasteiger partial charge < -0.3 is 20.8 Å². The van der Waals surface area contributed by atoms with E-state index in [1.165, 1.54) is 6.07 Å². The summed E-state index contributed by atoms with van der Waals surface area (Å²) in [6, 6.07) is 1.92. The molecule has 0 bridgehead atoms. The number of ether oxygens (including phenoxy) is 1. The molecule has 1 saturated carbocycles. The average molecular weight is 466 g/mol. The number of aryl methyl sites for hydroxylation is 2. The van der Waals surface area contributed by atoms with Crippen molar-refractivity contribution in [1.82, 2.24) is 24.9 Å². The molecular weight excluding hydrogens is 433 g/mol. The van der Waals surface area contributed by atoms with Gasteiger partial charge in [-0.1, -0.05) is 13.8 Å². The molecule has 1 aromatic carbocycles. The lowest BCUT2D eigenvalue weighted by Crippen LogP contribution is -2.26. The van der Waals surface area contributed by atoms with Crippen molar-refractivity contribution in [2.75, 3.05) is 12.4 Å². The monoisotopic (exact) mass is 465 g/mol. The minimum atomic E-state index is -0.267. The number of hydrogen-bond donors (Lipinski definition) is 3. The van der Waals surface area contributed by atoms with Crippen LogP contribution in [0.2, 0.25) is 0 Å². The molecule has 1 aliphatic rings. The summed E-state index contributed by atoms with van der Waals surface area (Å²) in [5, 5.41) is 4.73. The van der Waals surface area contributed by atoms with E-state index in [1.54, 1.807) is 26.4 Å². The van der Waals surface area contributed by atoms with Crippen LogP contribution in [0.4, 0.5) is 10.1 Å². The van der Waals surface area contributed by atoms with Gasteiger partial charge in [0.1, 0.15) is 17.3 Å². The zero-order valence-corrected chi connectivity index (χ0v) is 20.4. The van der Waals surface area contributed by atoms with Gasteiger partial charge in [0.2, 0.25) is 0 Å². The highest BCUT2D eigenvalue weighted by atomic mass is 19.1. The molecule has 1 fully saturated rings. The van der Waals surface area contributed by atoms with E-state index in [0.29, 0.717) is 28.5 Å². The Hall–Kier alpha value is -3.33. The first-order chi connectivity index (χ1) is 16.4. The second kappa shape index (κ2) is 9.89. The Morgan fingerprint density at radius 3 is 2.38 bits per heavy atom. The smallest absolute Gasteiger partial charge is 0.324 e. The maximum atomic E-state index is 14.8. The fourth-order valence-corrected chi connectivity index (χ4v) is 4.57. The van der Waals surface area contributed by atoms with Crippen LogP contribution >= 0.6 is 0 Å². The summed E-state index contributed by atoms with van der Waals surface area (Å²) in [5.74, 6) is 1.04. The van der Waals surface area contributed by atoms with E-state index in [9.17, 15) is 4.39 Å². The first kappa shape index (κ1) is 23.8. The van der Waals surface area contributed by atoms with Crippen LogP contribution in [-0.4, -0.2) is 38.0 Å². The van der Waals surface area contributed by atoms with E-state index in [0.717, 1.165) is 47.7 Å². The number of halogens is 1. The zero-order chi connectivity index (χ0) is 24.4. The van der Waals surface area contributed by atoms with Crippen molar-refractivity contribution in [3.63, 3.8) is 0 Å². The van der Waals surface area contributed by atoms with Crippen molar-refractivity contribution in [2.45, 2.75) is 65.3 Å². The third-order valence-corrected chi connectivity index (χ3v) is 6.33. The van der Waals surface area contributed by atoms with Crippen molar-refractivity contribution in [3.05, 3.63) is 41.4 Å². The number of nitrogens with zero attached hydrogens (tertiary/aromatic N) is 4. The maximum Gasteiger partial charge on any atom is 0.324 e. The second-order valence-corrected chi connectivity index (χ2v) is 8.45. The van der Waals surface area contributed by atoms with Gasteiger partial charge in [-0.15, -0.1) is 0 Å². The molecular formula is C25H32FN7O. The Kier molecular flexibility index (Phi) is 6.92. The Morgan fingerprint density at radius 2 is 1.74 bits per heavy atom. The Bertz CT molecular complexity index is 1290. The number of hydrogen-bond acceptors (Lipinski definition) is 7. The van der Waals surface area contributed by atoms with Crippen LogP contribution in [0.15, 0.2) is 18.5 Å². The summed E-state index contributed by atoms with van der Waals surface area (Å²) in [7, 11) is 1.77. The fourth-order valence-electron chi connectivity index (χ4n) is 4.57. The van der Waals surface area contributed by atoms with Gasteiger partial charge in [-0.3, -0.25) is 0 Å². The number of nitrogens with two attached hydrogens (primary N) is 1. The summed E-state index contributed by atoms with van der Waals surface area (Å²) >= 11 is 0. The maximum absolute atomic E-state index is 14.8. The molecule has 0 saturated heterocycles. The van der Waals surface area contributed by atoms with Crippen LogP contribution in [0.5, 0.6) is 11.8 Å².